The van der Waals surface area contributed by atoms with E-state index in [-0.39, 0.29) is 46.4 Å². The number of likely N-dealkylation sites (N-methyl/N-ethyl adjacent to an activating group) is 2. The number of aromatic nitrogens is 3. The van der Waals surface area contributed by atoms with Crippen LogP contribution in [0.1, 0.15) is 11.4 Å². The molecule has 4 rings (SSSR count). The highest BCUT2D eigenvalue weighted by Gasteiger charge is 2.34. The summed E-state index contributed by atoms with van der Waals surface area (Å²) in [5.74, 6) is -2.18. The Balaban J connectivity index is 1.81. The highest BCUT2D eigenvalue weighted by molar-refractivity contribution is 5.99. The molecule has 0 saturated heterocycles. The number of H-pyrrole nitrogens is 1. The average Bonchev–Trinajstić information content (AvgIpc) is 3.52. The first-order valence-electron chi connectivity index (χ1n) is 12.9. The Labute approximate surface area is 248 Å². The zero-order valence-electron chi connectivity index (χ0n) is 23.9. The van der Waals surface area contributed by atoms with E-state index in [1.54, 1.807) is 0 Å². The lowest BCUT2D eigenvalue weighted by molar-refractivity contribution is -0.137. The second kappa shape index (κ2) is 13.0. The molecule has 44 heavy (non-hydrogen) atoms. The van der Waals surface area contributed by atoms with E-state index >= 15 is 4.39 Å². The summed E-state index contributed by atoms with van der Waals surface area (Å²) in [4.78, 5) is 32.4. The quantitative estimate of drug-likeness (QED) is 0.185. The Morgan fingerprint density at radius 1 is 1.05 bits per heavy atom. The number of benzene rings is 3. The number of carbonyl (C=O) groups excluding carboxylic acids is 2. The van der Waals surface area contributed by atoms with Crippen molar-refractivity contribution >= 4 is 29.4 Å². The zero-order valence-corrected chi connectivity index (χ0v) is 23.9. The standard InChI is InChI=1S/C29H27F5N6O4/c1-38(13-26(42)40(3)20-7-5-19(30)6-8-20)23-12-18(29(32,33)34)11-21(27(23)39(2)16-41)17-9-22(31)28(24(10-17)43-4)44-14-25-35-15-36-37-25/h5-12,15-16H,13-14H2,1-4H3,(H,35,36,37). The number of nitrogens with zero attached hydrogens (tertiary/aromatic N) is 5. The normalized spacial score (nSPS) is 11.2. The Morgan fingerprint density at radius 3 is 2.34 bits per heavy atom. The van der Waals surface area contributed by atoms with Gasteiger partial charge in [0.05, 0.1) is 30.6 Å². The Morgan fingerprint density at radius 2 is 1.75 bits per heavy atom. The number of hydrogen-bond donors (Lipinski definition) is 1. The third-order valence-electron chi connectivity index (χ3n) is 6.66. The summed E-state index contributed by atoms with van der Waals surface area (Å²) in [6.07, 6.45) is -3.24. The maximum absolute atomic E-state index is 15.4. The van der Waals surface area contributed by atoms with Crippen LogP contribution in [-0.2, 0) is 22.4 Å². The lowest BCUT2D eigenvalue weighted by Gasteiger charge is -2.30. The molecular formula is C29H27F5N6O4. The summed E-state index contributed by atoms with van der Waals surface area (Å²) in [5.41, 5.74) is -1.17. The topological polar surface area (TPSA) is 104 Å². The molecule has 232 valence electrons. The molecule has 1 aromatic heterocycles. The highest BCUT2D eigenvalue weighted by Crippen LogP contribution is 2.46. The lowest BCUT2D eigenvalue weighted by atomic mass is 9.97. The number of methoxy groups -OCH3 is 1. The van der Waals surface area contributed by atoms with Crippen LogP contribution in [0, 0.1) is 11.6 Å². The largest absolute Gasteiger partial charge is 0.493 e. The molecule has 0 saturated carbocycles. The molecular weight excluding hydrogens is 591 g/mol. The average molecular weight is 619 g/mol. The van der Waals surface area contributed by atoms with Crippen LogP contribution in [0.2, 0.25) is 0 Å². The minimum Gasteiger partial charge on any atom is -0.493 e. The molecule has 1 N–H and O–H groups in total. The summed E-state index contributed by atoms with van der Waals surface area (Å²) in [6, 6.07) is 8.88. The molecule has 0 radical (unpaired) electrons. The SMILES string of the molecule is COc1cc(-c2cc(C(F)(F)F)cc(N(C)CC(=O)N(C)c3ccc(F)cc3)c2N(C)C=O)cc(F)c1OCc1ncn[nH]1. The van der Waals surface area contributed by atoms with E-state index in [0.717, 1.165) is 35.2 Å². The van der Waals surface area contributed by atoms with Crippen LogP contribution in [0.3, 0.4) is 0 Å². The van der Waals surface area contributed by atoms with Crippen molar-refractivity contribution in [1.82, 2.24) is 15.2 Å². The minimum atomic E-state index is -4.85. The molecule has 0 bridgehead atoms. The maximum atomic E-state index is 15.4. The van der Waals surface area contributed by atoms with Crippen LogP contribution in [0.25, 0.3) is 11.1 Å². The number of alkyl halides is 3. The first-order valence-corrected chi connectivity index (χ1v) is 12.9. The number of rotatable bonds is 11. The molecule has 0 atom stereocenters. The van der Waals surface area contributed by atoms with Gasteiger partial charge in [-0.3, -0.25) is 14.7 Å². The van der Waals surface area contributed by atoms with Gasteiger partial charge in [0.2, 0.25) is 12.3 Å². The monoisotopic (exact) mass is 618 g/mol. The number of halogens is 5. The smallest absolute Gasteiger partial charge is 0.416 e. The summed E-state index contributed by atoms with van der Waals surface area (Å²) < 4.78 is 82.1. The summed E-state index contributed by atoms with van der Waals surface area (Å²) in [6.45, 7) is -0.634. The Hall–Kier alpha value is -5.21. The Kier molecular flexibility index (Phi) is 9.35. The van der Waals surface area contributed by atoms with E-state index in [9.17, 15) is 27.2 Å². The first-order chi connectivity index (χ1) is 20.8. The van der Waals surface area contributed by atoms with Gasteiger partial charge >= 0.3 is 6.18 Å². The van der Waals surface area contributed by atoms with E-state index in [2.05, 4.69) is 15.2 Å². The van der Waals surface area contributed by atoms with E-state index in [4.69, 9.17) is 9.47 Å². The van der Waals surface area contributed by atoms with Gasteiger partial charge in [0.25, 0.3) is 0 Å². The number of hydrogen-bond acceptors (Lipinski definition) is 7. The predicted octanol–water partition coefficient (Wildman–Crippen LogP) is 5.05. The van der Waals surface area contributed by atoms with Gasteiger partial charge in [-0.15, -0.1) is 0 Å². The molecule has 4 aromatic rings. The van der Waals surface area contributed by atoms with E-state index in [0.29, 0.717) is 12.1 Å². The lowest BCUT2D eigenvalue weighted by Crippen LogP contribution is -2.37. The van der Waals surface area contributed by atoms with Crippen molar-refractivity contribution in [3.63, 3.8) is 0 Å². The fourth-order valence-electron chi connectivity index (χ4n) is 4.38. The number of amides is 2. The molecule has 0 fully saturated rings. The second-order valence-corrected chi connectivity index (χ2v) is 9.60. The van der Waals surface area contributed by atoms with E-state index < -0.39 is 35.8 Å². The molecule has 2 amide bonds. The fourth-order valence-corrected chi connectivity index (χ4v) is 4.38. The number of ether oxygens (including phenoxy) is 2. The van der Waals surface area contributed by atoms with Crippen molar-refractivity contribution < 1.29 is 41.0 Å². The number of anilines is 3. The van der Waals surface area contributed by atoms with Gasteiger partial charge < -0.3 is 24.2 Å². The third-order valence-corrected chi connectivity index (χ3v) is 6.66. The summed E-state index contributed by atoms with van der Waals surface area (Å²) in [7, 11) is 5.35. The van der Waals surface area contributed by atoms with Crippen molar-refractivity contribution in [1.29, 1.82) is 0 Å². The van der Waals surface area contributed by atoms with Crippen molar-refractivity contribution in [2.75, 3.05) is 49.5 Å². The predicted molar refractivity (Wildman–Crippen MR) is 152 cm³/mol. The first kappa shape index (κ1) is 31.7. The van der Waals surface area contributed by atoms with Crippen molar-refractivity contribution in [3.05, 3.63) is 77.9 Å². The fraction of sp³-hybridized carbons (Fsp3) is 0.241. The van der Waals surface area contributed by atoms with E-state index in [1.165, 1.54) is 62.6 Å². The molecule has 1 heterocycles. The van der Waals surface area contributed by atoms with Crippen molar-refractivity contribution in [3.8, 4) is 22.6 Å². The van der Waals surface area contributed by atoms with Gasteiger partial charge in [0.15, 0.2) is 23.1 Å². The molecule has 0 aliphatic heterocycles. The minimum absolute atomic E-state index is 0.0375. The number of nitrogens with one attached hydrogen (secondary N) is 1. The molecule has 0 aliphatic carbocycles. The molecule has 15 heteroatoms. The van der Waals surface area contributed by atoms with Crippen molar-refractivity contribution in [2.24, 2.45) is 0 Å². The van der Waals surface area contributed by atoms with Gasteiger partial charge in [-0.05, 0) is 54.1 Å². The van der Waals surface area contributed by atoms with Crippen LogP contribution in [-0.4, -0.2) is 62.3 Å². The van der Waals surface area contributed by atoms with Crippen LogP contribution in [0.5, 0.6) is 11.5 Å². The highest BCUT2D eigenvalue weighted by atomic mass is 19.4. The molecule has 0 spiro atoms. The molecule has 0 aliphatic rings. The van der Waals surface area contributed by atoms with Crippen molar-refractivity contribution in [2.45, 2.75) is 12.8 Å². The van der Waals surface area contributed by atoms with Crippen LogP contribution in [0.4, 0.5) is 39.0 Å². The number of carbonyl (C=O) groups is 2. The maximum Gasteiger partial charge on any atom is 0.416 e. The van der Waals surface area contributed by atoms with Crippen LogP contribution >= 0.6 is 0 Å². The summed E-state index contributed by atoms with van der Waals surface area (Å²) >= 11 is 0. The molecule has 3 aromatic carbocycles. The summed E-state index contributed by atoms with van der Waals surface area (Å²) in [5, 5.41) is 6.23. The van der Waals surface area contributed by atoms with Gasteiger partial charge in [-0.1, -0.05) is 0 Å². The third kappa shape index (κ3) is 6.88. The van der Waals surface area contributed by atoms with Gasteiger partial charge in [0.1, 0.15) is 18.8 Å². The van der Waals surface area contributed by atoms with Crippen LogP contribution in [0.15, 0.2) is 54.9 Å². The molecule has 10 nitrogen and oxygen atoms in total. The van der Waals surface area contributed by atoms with E-state index in [1.807, 2.05) is 0 Å². The zero-order chi connectivity index (χ0) is 32.2. The molecule has 0 unspecified atom stereocenters. The van der Waals surface area contributed by atoms with Gasteiger partial charge in [-0.25, -0.2) is 13.8 Å². The number of aromatic amines is 1. The Bertz CT molecular complexity index is 1630. The van der Waals surface area contributed by atoms with Gasteiger partial charge in [-0.2, -0.15) is 18.3 Å². The van der Waals surface area contributed by atoms with Gasteiger partial charge in [0, 0.05) is 32.4 Å². The van der Waals surface area contributed by atoms with Crippen LogP contribution < -0.4 is 24.2 Å². The second-order valence-electron chi connectivity index (χ2n) is 9.60.